The number of nitrogens with zero attached hydrogens (tertiary/aromatic N) is 5. The first kappa shape index (κ1) is 14.0. The summed E-state index contributed by atoms with van der Waals surface area (Å²) < 4.78 is 3.31. The number of hydrogen-bond donors (Lipinski definition) is 1. The topological polar surface area (TPSA) is 91.6 Å². The predicted octanol–water partition coefficient (Wildman–Crippen LogP) is 0.822. The Bertz CT molecular complexity index is 834. The molecule has 3 rings (SSSR count). The Morgan fingerprint density at radius 2 is 1.77 bits per heavy atom. The fourth-order valence-electron chi connectivity index (χ4n) is 2.17. The highest BCUT2D eigenvalue weighted by Crippen LogP contribution is 2.07. The molecule has 3 aromatic rings. The molecule has 0 saturated carbocycles. The summed E-state index contributed by atoms with van der Waals surface area (Å²) in [6, 6.07) is 9.62. The maximum Gasteiger partial charge on any atom is 0.349 e. The Morgan fingerprint density at radius 1 is 1.09 bits per heavy atom. The van der Waals surface area contributed by atoms with Gasteiger partial charge in [0.15, 0.2) is 0 Å². The molecule has 0 amide bonds. The predicted molar refractivity (Wildman–Crippen MR) is 82.3 cm³/mol. The van der Waals surface area contributed by atoms with E-state index in [4.69, 9.17) is 5.73 Å². The fourth-order valence-corrected chi connectivity index (χ4v) is 2.17. The largest absolute Gasteiger partial charge is 0.383 e. The number of anilines is 1. The SMILES string of the molecule is Cc1cn(Cc2ccc(Cn3ccc(N)nc3=O)cc2)nn1. The highest BCUT2D eigenvalue weighted by molar-refractivity contribution is 5.25. The molecule has 0 saturated heterocycles. The van der Waals surface area contributed by atoms with Crippen molar-refractivity contribution >= 4 is 5.82 Å². The second-order valence-electron chi connectivity index (χ2n) is 5.14. The van der Waals surface area contributed by atoms with Gasteiger partial charge in [-0.3, -0.25) is 4.57 Å². The molecule has 7 heteroatoms. The zero-order chi connectivity index (χ0) is 15.5. The van der Waals surface area contributed by atoms with E-state index in [-0.39, 0.29) is 11.5 Å². The molecular formula is C15H16N6O. The Hall–Kier alpha value is -2.96. The average molecular weight is 296 g/mol. The lowest BCUT2D eigenvalue weighted by atomic mass is 10.1. The number of hydrogen-bond acceptors (Lipinski definition) is 5. The average Bonchev–Trinajstić information content (AvgIpc) is 2.89. The minimum atomic E-state index is -0.345. The van der Waals surface area contributed by atoms with E-state index in [1.165, 1.54) is 4.57 Å². The molecule has 7 nitrogen and oxygen atoms in total. The zero-order valence-electron chi connectivity index (χ0n) is 12.2. The van der Waals surface area contributed by atoms with Crippen LogP contribution in [0.2, 0.25) is 0 Å². The van der Waals surface area contributed by atoms with Crippen molar-refractivity contribution in [1.29, 1.82) is 0 Å². The summed E-state index contributed by atoms with van der Waals surface area (Å²) in [6.45, 7) is 3.05. The summed E-state index contributed by atoms with van der Waals surface area (Å²) in [7, 11) is 0. The first-order valence-electron chi connectivity index (χ1n) is 6.88. The van der Waals surface area contributed by atoms with Crippen molar-refractivity contribution in [1.82, 2.24) is 24.5 Å². The van der Waals surface area contributed by atoms with Crippen molar-refractivity contribution in [2.75, 3.05) is 5.73 Å². The summed E-state index contributed by atoms with van der Waals surface area (Å²) in [6.07, 6.45) is 3.55. The van der Waals surface area contributed by atoms with Crippen LogP contribution in [0, 0.1) is 6.92 Å². The van der Waals surface area contributed by atoms with E-state index < -0.39 is 0 Å². The molecule has 0 atom stereocenters. The van der Waals surface area contributed by atoms with Crippen LogP contribution < -0.4 is 11.4 Å². The van der Waals surface area contributed by atoms with Gasteiger partial charge in [-0.1, -0.05) is 29.5 Å². The van der Waals surface area contributed by atoms with Crippen molar-refractivity contribution in [3.63, 3.8) is 0 Å². The molecule has 1 aromatic carbocycles. The summed E-state index contributed by atoms with van der Waals surface area (Å²) in [5.74, 6) is 0.236. The van der Waals surface area contributed by atoms with E-state index in [1.54, 1.807) is 16.9 Å². The van der Waals surface area contributed by atoms with Crippen LogP contribution in [0.1, 0.15) is 16.8 Å². The third-order valence-corrected chi connectivity index (χ3v) is 3.27. The van der Waals surface area contributed by atoms with E-state index in [0.717, 1.165) is 16.8 Å². The second kappa shape index (κ2) is 5.80. The molecule has 0 fully saturated rings. The van der Waals surface area contributed by atoms with Crippen LogP contribution in [-0.4, -0.2) is 24.5 Å². The number of aryl methyl sites for hydroxylation is 1. The quantitative estimate of drug-likeness (QED) is 0.769. The van der Waals surface area contributed by atoms with Gasteiger partial charge in [-0.2, -0.15) is 4.98 Å². The van der Waals surface area contributed by atoms with Gasteiger partial charge in [0.05, 0.1) is 18.8 Å². The molecule has 0 unspecified atom stereocenters. The van der Waals surface area contributed by atoms with Crippen LogP contribution in [-0.2, 0) is 13.1 Å². The number of nitrogens with two attached hydrogens (primary N) is 1. The summed E-state index contributed by atoms with van der Waals surface area (Å²) in [5, 5.41) is 7.98. The van der Waals surface area contributed by atoms with Gasteiger partial charge in [-0.25, -0.2) is 9.48 Å². The molecular weight excluding hydrogens is 280 g/mol. The number of nitrogen functional groups attached to an aromatic ring is 1. The Balaban J connectivity index is 1.72. The first-order valence-corrected chi connectivity index (χ1v) is 6.88. The van der Waals surface area contributed by atoms with E-state index in [0.29, 0.717) is 13.1 Å². The monoisotopic (exact) mass is 296 g/mol. The Morgan fingerprint density at radius 3 is 2.36 bits per heavy atom. The second-order valence-corrected chi connectivity index (χ2v) is 5.14. The summed E-state index contributed by atoms with van der Waals surface area (Å²) >= 11 is 0. The highest BCUT2D eigenvalue weighted by Gasteiger charge is 2.02. The summed E-state index contributed by atoms with van der Waals surface area (Å²) in [4.78, 5) is 15.4. The lowest BCUT2D eigenvalue weighted by molar-refractivity contribution is 0.649. The van der Waals surface area contributed by atoms with Crippen LogP contribution in [0.5, 0.6) is 0 Å². The molecule has 0 radical (unpaired) electrons. The molecule has 112 valence electrons. The number of aromatic nitrogens is 5. The zero-order valence-corrected chi connectivity index (χ0v) is 12.2. The van der Waals surface area contributed by atoms with Crippen LogP contribution in [0.15, 0.2) is 47.5 Å². The first-order chi connectivity index (χ1) is 10.6. The van der Waals surface area contributed by atoms with Gasteiger partial charge in [0.1, 0.15) is 5.82 Å². The van der Waals surface area contributed by atoms with Gasteiger partial charge >= 0.3 is 5.69 Å². The van der Waals surface area contributed by atoms with Crippen molar-refractivity contribution in [3.8, 4) is 0 Å². The van der Waals surface area contributed by atoms with E-state index in [9.17, 15) is 4.79 Å². The third-order valence-electron chi connectivity index (χ3n) is 3.27. The van der Waals surface area contributed by atoms with Gasteiger partial charge in [0, 0.05) is 12.4 Å². The molecule has 0 bridgehead atoms. The Kier molecular flexibility index (Phi) is 3.69. The van der Waals surface area contributed by atoms with Gasteiger partial charge in [-0.15, -0.1) is 5.10 Å². The minimum Gasteiger partial charge on any atom is -0.383 e. The van der Waals surface area contributed by atoms with Crippen LogP contribution in [0.4, 0.5) is 5.82 Å². The maximum atomic E-state index is 11.7. The van der Waals surface area contributed by atoms with Crippen LogP contribution in [0.25, 0.3) is 0 Å². The maximum absolute atomic E-state index is 11.7. The number of benzene rings is 1. The van der Waals surface area contributed by atoms with Crippen molar-refractivity contribution in [3.05, 3.63) is 70.0 Å². The molecule has 22 heavy (non-hydrogen) atoms. The fraction of sp³-hybridized carbons (Fsp3) is 0.200. The van der Waals surface area contributed by atoms with Gasteiger partial charge in [-0.05, 0) is 24.1 Å². The molecule has 0 aliphatic carbocycles. The smallest absolute Gasteiger partial charge is 0.349 e. The number of rotatable bonds is 4. The highest BCUT2D eigenvalue weighted by atomic mass is 16.1. The molecule has 2 aromatic heterocycles. The lowest BCUT2D eigenvalue weighted by Crippen LogP contribution is -2.23. The normalized spacial score (nSPS) is 10.8. The van der Waals surface area contributed by atoms with Crippen molar-refractivity contribution < 1.29 is 0 Å². The molecule has 0 aliphatic rings. The molecule has 0 aliphatic heterocycles. The van der Waals surface area contributed by atoms with Crippen LogP contribution >= 0.6 is 0 Å². The third kappa shape index (κ3) is 3.20. The Labute approximate surface area is 127 Å². The van der Waals surface area contributed by atoms with Crippen molar-refractivity contribution in [2.24, 2.45) is 0 Å². The molecule has 2 heterocycles. The van der Waals surface area contributed by atoms with Crippen LogP contribution in [0.3, 0.4) is 0 Å². The molecule has 0 spiro atoms. The van der Waals surface area contributed by atoms with Gasteiger partial charge in [0.2, 0.25) is 0 Å². The molecule has 2 N–H and O–H groups in total. The van der Waals surface area contributed by atoms with Gasteiger partial charge in [0.25, 0.3) is 0 Å². The van der Waals surface area contributed by atoms with E-state index in [1.807, 2.05) is 37.4 Å². The lowest BCUT2D eigenvalue weighted by Gasteiger charge is -2.07. The van der Waals surface area contributed by atoms with E-state index in [2.05, 4.69) is 15.3 Å². The standard InChI is InChI=1S/C15H16N6O/c1-11-8-21(19-18-11)10-13-4-2-12(3-5-13)9-20-7-6-14(16)17-15(20)22/h2-8H,9-10H2,1H3,(H2,16,17,22). The van der Waals surface area contributed by atoms with Gasteiger partial charge < -0.3 is 5.73 Å². The summed E-state index contributed by atoms with van der Waals surface area (Å²) in [5.41, 5.74) is 8.17. The van der Waals surface area contributed by atoms with E-state index >= 15 is 0 Å². The van der Waals surface area contributed by atoms with Crippen molar-refractivity contribution in [2.45, 2.75) is 20.0 Å². The minimum absolute atomic E-state index is 0.236.